The van der Waals surface area contributed by atoms with E-state index in [1.165, 1.54) is 6.92 Å². The van der Waals surface area contributed by atoms with Gasteiger partial charge in [0.2, 0.25) is 23.6 Å². The van der Waals surface area contributed by atoms with E-state index in [9.17, 15) is 29.1 Å². The standard InChI is InChI=1S/C17H31N5O7/c1-8(2)6-11(15(27)20-7-13(25)26)22-16(28)10(4-5-12(18)24)21-17(29)14(19)9(3)23/h8-11,14,23H,4-7,19H2,1-3H3,(H2,18,24)(H,20,27)(H,21,29)(H,22,28)(H,25,26). The van der Waals surface area contributed by atoms with Crippen molar-refractivity contribution in [2.45, 2.75) is 64.3 Å². The van der Waals surface area contributed by atoms with Gasteiger partial charge in [-0.2, -0.15) is 0 Å². The molecule has 12 nitrogen and oxygen atoms in total. The summed E-state index contributed by atoms with van der Waals surface area (Å²) in [5, 5.41) is 25.1. The Morgan fingerprint density at radius 1 is 0.931 bits per heavy atom. The Bertz CT molecular complexity index is 609. The van der Waals surface area contributed by atoms with Crippen molar-refractivity contribution in [1.82, 2.24) is 16.0 Å². The molecular weight excluding hydrogens is 386 g/mol. The van der Waals surface area contributed by atoms with Gasteiger partial charge in [-0.15, -0.1) is 0 Å². The minimum Gasteiger partial charge on any atom is -0.480 e. The number of nitrogens with one attached hydrogen (secondary N) is 3. The number of carboxylic acids is 1. The molecule has 0 fully saturated rings. The maximum atomic E-state index is 12.6. The molecule has 0 rings (SSSR count). The van der Waals surface area contributed by atoms with Crippen LogP contribution in [0, 0.1) is 5.92 Å². The number of aliphatic hydroxyl groups is 1. The average molecular weight is 417 g/mol. The highest BCUT2D eigenvalue weighted by atomic mass is 16.4. The van der Waals surface area contributed by atoms with Crippen LogP contribution in [0.2, 0.25) is 0 Å². The molecular formula is C17H31N5O7. The number of hydrogen-bond donors (Lipinski definition) is 7. The number of carbonyl (C=O) groups is 5. The third kappa shape index (κ3) is 11.0. The molecule has 0 aliphatic rings. The molecule has 4 unspecified atom stereocenters. The Kier molecular flexibility index (Phi) is 11.5. The maximum Gasteiger partial charge on any atom is 0.322 e. The number of carbonyl (C=O) groups excluding carboxylic acids is 4. The zero-order valence-electron chi connectivity index (χ0n) is 16.8. The van der Waals surface area contributed by atoms with Gasteiger partial charge in [-0.05, 0) is 25.7 Å². The highest BCUT2D eigenvalue weighted by Crippen LogP contribution is 2.07. The molecule has 0 saturated carbocycles. The second-order valence-electron chi connectivity index (χ2n) is 7.13. The van der Waals surface area contributed by atoms with Crippen LogP contribution < -0.4 is 27.4 Å². The lowest BCUT2D eigenvalue weighted by Crippen LogP contribution is -2.57. The Balaban J connectivity index is 5.31. The van der Waals surface area contributed by atoms with E-state index in [4.69, 9.17) is 16.6 Å². The maximum absolute atomic E-state index is 12.6. The summed E-state index contributed by atoms with van der Waals surface area (Å²) in [6.45, 7) is 4.29. The molecule has 0 aromatic carbocycles. The summed E-state index contributed by atoms with van der Waals surface area (Å²) < 4.78 is 0. The molecule has 166 valence electrons. The molecule has 0 saturated heterocycles. The number of aliphatic hydroxyl groups excluding tert-OH is 1. The van der Waals surface area contributed by atoms with E-state index >= 15 is 0 Å². The van der Waals surface area contributed by atoms with E-state index in [1.807, 2.05) is 0 Å². The van der Waals surface area contributed by atoms with Gasteiger partial charge in [0.15, 0.2) is 0 Å². The Morgan fingerprint density at radius 2 is 1.48 bits per heavy atom. The summed E-state index contributed by atoms with van der Waals surface area (Å²) in [5.74, 6) is -4.25. The molecule has 0 radical (unpaired) electrons. The average Bonchev–Trinajstić information content (AvgIpc) is 2.60. The lowest BCUT2D eigenvalue weighted by atomic mass is 10.0. The summed E-state index contributed by atoms with van der Waals surface area (Å²) in [5.41, 5.74) is 10.6. The fourth-order valence-corrected chi connectivity index (χ4v) is 2.30. The van der Waals surface area contributed by atoms with Crippen LogP contribution >= 0.6 is 0 Å². The monoisotopic (exact) mass is 417 g/mol. The van der Waals surface area contributed by atoms with Crippen LogP contribution in [0.4, 0.5) is 0 Å². The van der Waals surface area contributed by atoms with Crippen LogP contribution in [-0.4, -0.2) is 70.6 Å². The van der Waals surface area contributed by atoms with Crippen LogP contribution in [0.5, 0.6) is 0 Å². The molecule has 0 bridgehead atoms. The molecule has 9 N–H and O–H groups in total. The molecule has 0 aliphatic heterocycles. The summed E-state index contributed by atoms with van der Waals surface area (Å²) in [6.07, 6.45) is -1.33. The Labute approximate surface area is 168 Å². The van der Waals surface area contributed by atoms with Crippen LogP contribution in [0.15, 0.2) is 0 Å². The number of primary amides is 1. The second-order valence-corrected chi connectivity index (χ2v) is 7.13. The molecule has 12 heteroatoms. The van der Waals surface area contributed by atoms with E-state index in [0.29, 0.717) is 0 Å². The largest absolute Gasteiger partial charge is 0.480 e. The van der Waals surface area contributed by atoms with E-state index in [0.717, 1.165) is 0 Å². The highest BCUT2D eigenvalue weighted by Gasteiger charge is 2.29. The number of amides is 4. The number of aliphatic carboxylic acids is 1. The number of carboxylic acid groups (broad SMARTS) is 1. The van der Waals surface area contributed by atoms with Crippen LogP contribution in [0.1, 0.15) is 40.0 Å². The van der Waals surface area contributed by atoms with Crippen molar-refractivity contribution in [2.24, 2.45) is 17.4 Å². The van der Waals surface area contributed by atoms with E-state index in [-0.39, 0.29) is 25.2 Å². The lowest BCUT2D eigenvalue weighted by Gasteiger charge is -2.25. The molecule has 29 heavy (non-hydrogen) atoms. The van der Waals surface area contributed by atoms with Gasteiger partial charge in [-0.3, -0.25) is 24.0 Å². The molecule has 4 atom stereocenters. The molecule has 4 amide bonds. The van der Waals surface area contributed by atoms with Gasteiger partial charge in [-0.1, -0.05) is 13.8 Å². The summed E-state index contributed by atoms with van der Waals surface area (Å²) in [6, 6.07) is -3.59. The first-order chi connectivity index (χ1) is 13.3. The SMILES string of the molecule is CC(C)CC(NC(=O)C(CCC(N)=O)NC(=O)C(N)C(C)O)C(=O)NCC(=O)O. The number of rotatable bonds is 13. The van der Waals surface area contributed by atoms with Crippen LogP contribution in [0.3, 0.4) is 0 Å². The van der Waals surface area contributed by atoms with Crippen molar-refractivity contribution in [2.75, 3.05) is 6.54 Å². The summed E-state index contributed by atoms with van der Waals surface area (Å²) >= 11 is 0. The van der Waals surface area contributed by atoms with Gasteiger partial charge in [0, 0.05) is 6.42 Å². The smallest absolute Gasteiger partial charge is 0.322 e. The van der Waals surface area contributed by atoms with Gasteiger partial charge in [0.1, 0.15) is 24.7 Å². The fraction of sp³-hybridized carbons (Fsp3) is 0.706. The highest BCUT2D eigenvalue weighted by molar-refractivity contribution is 5.94. The van der Waals surface area contributed by atoms with E-state index in [2.05, 4.69) is 16.0 Å². The Hall–Kier alpha value is -2.73. The lowest BCUT2D eigenvalue weighted by molar-refractivity contribution is -0.138. The quantitative estimate of drug-likeness (QED) is 0.165. The third-order valence-corrected chi connectivity index (χ3v) is 3.89. The van der Waals surface area contributed by atoms with Crippen LogP contribution in [0.25, 0.3) is 0 Å². The van der Waals surface area contributed by atoms with E-state index in [1.54, 1.807) is 13.8 Å². The normalized spacial score (nSPS) is 15.0. The minimum atomic E-state index is -1.30. The Morgan fingerprint density at radius 3 is 1.93 bits per heavy atom. The first-order valence-corrected chi connectivity index (χ1v) is 9.17. The summed E-state index contributed by atoms with van der Waals surface area (Å²) in [7, 11) is 0. The van der Waals surface area contributed by atoms with Crippen LogP contribution in [-0.2, 0) is 24.0 Å². The topological polar surface area (TPSA) is 214 Å². The fourth-order valence-electron chi connectivity index (χ4n) is 2.30. The third-order valence-electron chi connectivity index (χ3n) is 3.89. The van der Waals surface area contributed by atoms with Gasteiger partial charge in [-0.25, -0.2) is 0 Å². The van der Waals surface area contributed by atoms with Crippen molar-refractivity contribution >= 4 is 29.6 Å². The van der Waals surface area contributed by atoms with Gasteiger partial charge >= 0.3 is 5.97 Å². The summed E-state index contributed by atoms with van der Waals surface area (Å²) in [4.78, 5) is 58.7. The predicted octanol–water partition coefficient (Wildman–Crippen LogP) is -2.82. The number of hydrogen-bond acceptors (Lipinski definition) is 7. The molecule has 0 spiro atoms. The first kappa shape index (κ1) is 26.3. The molecule has 0 aliphatic carbocycles. The zero-order valence-corrected chi connectivity index (χ0v) is 16.8. The van der Waals surface area contributed by atoms with Gasteiger partial charge in [0.05, 0.1) is 6.10 Å². The van der Waals surface area contributed by atoms with Gasteiger partial charge < -0.3 is 37.6 Å². The molecule has 0 aromatic heterocycles. The number of nitrogens with two attached hydrogens (primary N) is 2. The van der Waals surface area contributed by atoms with Crippen molar-refractivity contribution in [1.29, 1.82) is 0 Å². The van der Waals surface area contributed by atoms with Crippen molar-refractivity contribution in [3.63, 3.8) is 0 Å². The first-order valence-electron chi connectivity index (χ1n) is 9.17. The van der Waals surface area contributed by atoms with Crippen molar-refractivity contribution in [3.05, 3.63) is 0 Å². The zero-order chi connectivity index (χ0) is 22.7. The van der Waals surface area contributed by atoms with Gasteiger partial charge in [0.25, 0.3) is 0 Å². The van der Waals surface area contributed by atoms with Crippen molar-refractivity contribution < 1.29 is 34.2 Å². The van der Waals surface area contributed by atoms with E-state index < -0.39 is 60.4 Å². The minimum absolute atomic E-state index is 0.0156. The molecule has 0 heterocycles. The molecule has 0 aromatic rings. The van der Waals surface area contributed by atoms with Crippen molar-refractivity contribution in [3.8, 4) is 0 Å². The predicted molar refractivity (Wildman–Crippen MR) is 102 cm³/mol. The second kappa shape index (κ2) is 12.7.